The lowest BCUT2D eigenvalue weighted by Gasteiger charge is -2.11. The zero-order chi connectivity index (χ0) is 14.1. The van der Waals surface area contributed by atoms with Crippen molar-refractivity contribution in [1.29, 1.82) is 0 Å². The van der Waals surface area contributed by atoms with Crippen LogP contribution < -0.4 is 5.73 Å². The largest absolute Gasteiger partial charge is 0.384 e. The first-order valence-corrected chi connectivity index (χ1v) is 7.35. The van der Waals surface area contributed by atoms with Crippen LogP contribution in [-0.4, -0.2) is 9.97 Å². The third kappa shape index (κ3) is 2.53. The second kappa shape index (κ2) is 5.23. The van der Waals surface area contributed by atoms with Crippen molar-refractivity contribution < 1.29 is 0 Å². The predicted molar refractivity (Wildman–Crippen MR) is 82.6 cm³/mol. The molecule has 0 radical (unpaired) electrons. The smallest absolute Gasteiger partial charge is 0.161 e. The molecule has 3 rings (SSSR count). The summed E-state index contributed by atoms with van der Waals surface area (Å²) >= 11 is 0. The molecular weight excluding hydrogens is 246 g/mol. The number of benzene rings is 1. The van der Waals surface area contributed by atoms with Crippen molar-refractivity contribution in [1.82, 2.24) is 9.97 Å². The fraction of sp³-hybridized carbons (Fsp3) is 0.412. The van der Waals surface area contributed by atoms with E-state index in [1.54, 1.807) is 0 Å². The van der Waals surface area contributed by atoms with Gasteiger partial charge in [0, 0.05) is 23.2 Å². The van der Waals surface area contributed by atoms with Crippen LogP contribution in [0.4, 0.5) is 5.82 Å². The maximum absolute atomic E-state index is 5.98. The summed E-state index contributed by atoms with van der Waals surface area (Å²) in [5.41, 5.74) is 10.7. The topological polar surface area (TPSA) is 51.8 Å². The van der Waals surface area contributed by atoms with Crippen LogP contribution in [0.5, 0.6) is 0 Å². The Morgan fingerprint density at radius 1 is 1.00 bits per heavy atom. The van der Waals surface area contributed by atoms with Gasteiger partial charge >= 0.3 is 0 Å². The Hall–Kier alpha value is -1.90. The van der Waals surface area contributed by atoms with Gasteiger partial charge in [-0.15, -0.1) is 0 Å². The Bertz CT molecular complexity index is 628. The third-order valence-corrected chi connectivity index (χ3v) is 4.30. The van der Waals surface area contributed by atoms with E-state index < -0.39 is 0 Å². The molecule has 0 spiro atoms. The third-order valence-electron chi connectivity index (χ3n) is 4.30. The van der Waals surface area contributed by atoms with Crippen LogP contribution in [-0.2, 0) is 0 Å². The van der Waals surface area contributed by atoms with Crippen molar-refractivity contribution in [3.8, 4) is 11.4 Å². The molecule has 1 aromatic heterocycles. The molecule has 1 aliphatic carbocycles. The number of hydrogen-bond donors (Lipinski definition) is 1. The highest BCUT2D eigenvalue weighted by molar-refractivity contribution is 5.59. The lowest BCUT2D eigenvalue weighted by molar-refractivity contribution is 0.696. The average Bonchev–Trinajstić information content (AvgIpc) is 2.95. The van der Waals surface area contributed by atoms with Crippen LogP contribution in [0.1, 0.15) is 48.4 Å². The highest BCUT2D eigenvalue weighted by Crippen LogP contribution is 2.34. The summed E-state index contributed by atoms with van der Waals surface area (Å²) in [6.07, 6.45) is 5.05. The molecule has 3 heteroatoms. The summed E-state index contributed by atoms with van der Waals surface area (Å²) in [4.78, 5) is 9.18. The van der Waals surface area contributed by atoms with Crippen molar-refractivity contribution >= 4 is 5.82 Å². The van der Waals surface area contributed by atoms with Crippen LogP contribution in [0.25, 0.3) is 11.4 Å². The molecule has 3 nitrogen and oxygen atoms in total. The molecule has 0 unspecified atom stereocenters. The van der Waals surface area contributed by atoms with Gasteiger partial charge in [-0.25, -0.2) is 9.97 Å². The minimum atomic E-state index is 0.561. The first-order chi connectivity index (χ1) is 9.63. The SMILES string of the molecule is Cc1ccc(-c2nc(N)cc(C3CCCC3)n2)cc1C. The van der Waals surface area contributed by atoms with Gasteiger partial charge in [-0.1, -0.05) is 25.0 Å². The minimum absolute atomic E-state index is 0.561. The van der Waals surface area contributed by atoms with E-state index in [9.17, 15) is 0 Å². The first kappa shape index (κ1) is 13.1. The molecule has 1 heterocycles. The van der Waals surface area contributed by atoms with Crippen molar-refractivity contribution in [3.05, 3.63) is 41.1 Å². The molecule has 0 saturated heterocycles. The fourth-order valence-electron chi connectivity index (χ4n) is 2.93. The molecule has 104 valence electrons. The molecule has 1 saturated carbocycles. The molecule has 1 fully saturated rings. The van der Waals surface area contributed by atoms with Gasteiger partial charge in [0.15, 0.2) is 5.82 Å². The molecule has 0 bridgehead atoms. The monoisotopic (exact) mass is 267 g/mol. The van der Waals surface area contributed by atoms with Crippen LogP contribution in [0.3, 0.4) is 0 Å². The molecule has 2 aromatic rings. The predicted octanol–water partition coefficient (Wildman–Crippen LogP) is 4.00. The van der Waals surface area contributed by atoms with Crippen molar-refractivity contribution in [2.75, 3.05) is 5.73 Å². The van der Waals surface area contributed by atoms with Gasteiger partial charge < -0.3 is 5.73 Å². The van der Waals surface area contributed by atoms with E-state index >= 15 is 0 Å². The van der Waals surface area contributed by atoms with E-state index in [0.717, 1.165) is 17.1 Å². The Kier molecular flexibility index (Phi) is 3.43. The van der Waals surface area contributed by atoms with Gasteiger partial charge in [-0.2, -0.15) is 0 Å². The number of aryl methyl sites for hydroxylation is 2. The van der Waals surface area contributed by atoms with E-state index in [1.165, 1.54) is 36.8 Å². The molecule has 1 aromatic carbocycles. The quantitative estimate of drug-likeness (QED) is 0.894. The van der Waals surface area contributed by atoms with Gasteiger partial charge in [-0.05, 0) is 43.9 Å². The Labute approximate surface area is 120 Å². The van der Waals surface area contributed by atoms with E-state index in [1.807, 2.05) is 6.07 Å². The molecular formula is C17H21N3. The van der Waals surface area contributed by atoms with E-state index in [4.69, 9.17) is 10.7 Å². The van der Waals surface area contributed by atoms with Crippen LogP contribution >= 0.6 is 0 Å². The summed E-state index contributed by atoms with van der Waals surface area (Å²) < 4.78 is 0. The Morgan fingerprint density at radius 2 is 1.75 bits per heavy atom. The van der Waals surface area contributed by atoms with Gasteiger partial charge in [0.05, 0.1) is 0 Å². The van der Waals surface area contributed by atoms with Crippen LogP contribution in [0, 0.1) is 13.8 Å². The van der Waals surface area contributed by atoms with E-state index in [0.29, 0.717) is 11.7 Å². The number of anilines is 1. The zero-order valence-electron chi connectivity index (χ0n) is 12.2. The molecule has 2 N–H and O–H groups in total. The summed E-state index contributed by atoms with van der Waals surface area (Å²) in [7, 11) is 0. The number of nitrogen functional groups attached to an aromatic ring is 1. The minimum Gasteiger partial charge on any atom is -0.384 e. The standard InChI is InChI=1S/C17H21N3/c1-11-7-8-14(9-12(11)2)17-19-15(10-16(18)20-17)13-5-3-4-6-13/h7-10,13H,3-6H2,1-2H3,(H2,18,19,20). The second-order valence-corrected chi connectivity index (χ2v) is 5.82. The van der Waals surface area contributed by atoms with Gasteiger partial charge in [0.2, 0.25) is 0 Å². The van der Waals surface area contributed by atoms with E-state index in [-0.39, 0.29) is 0 Å². The average molecular weight is 267 g/mol. The molecule has 0 amide bonds. The maximum atomic E-state index is 5.98. The lowest BCUT2D eigenvalue weighted by atomic mass is 10.0. The van der Waals surface area contributed by atoms with Crippen molar-refractivity contribution in [2.24, 2.45) is 0 Å². The van der Waals surface area contributed by atoms with Gasteiger partial charge in [0.1, 0.15) is 5.82 Å². The molecule has 0 aliphatic heterocycles. The summed E-state index contributed by atoms with van der Waals surface area (Å²) in [6.45, 7) is 4.23. The maximum Gasteiger partial charge on any atom is 0.161 e. The molecule has 20 heavy (non-hydrogen) atoms. The van der Waals surface area contributed by atoms with E-state index in [2.05, 4.69) is 37.0 Å². The van der Waals surface area contributed by atoms with Crippen LogP contribution in [0.15, 0.2) is 24.3 Å². The Balaban J connectivity index is 2.02. The first-order valence-electron chi connectivity index (χ1n) is 7.35. The van der Waals surface area contributed by atoms with Crippen molar-refractivity contribution in [3.63, 3.8) is 0 Å². The number of hydrogen-bond acceptors (Lipinski definition) is 3. The molecule has 1 aliphatic rings. The highest BCUT2D eigenvalue weighted by atomic mass is 14.9. The molecule has 0 atom stereocenters. The summed E-state index contributed by atoms with van der Waals surface area (Å²) in [5.74, 6) is 1.90. The van der Waals surface area contributed by atoms with Gasteiger partial charge in [0.25, 0.3) is 0 Å². The number of aromatic nitrogens is 2. The number of rotatable bonds is 2. The van der Waals surface area contributed by atoms with Crippen LogP contribution in [0.2, 0.25) is 0 Å². The van der Waals surface area contributed by atoms with Crippen molar-refractivity contribution in [2.45, 2.75) is 45.4 Å². The normalized spacial score (nSPS) is 15.7. The zero-order valence-corrected chi connectivity index (χ0v) is 12.2. The fourth-order valence-corrected chi connectivity index (χ4v) is 2.93. The lowest BCUT2D eigenvalue weighted by Crippen LogP contribution is -2.03. The summed E-state index contributed by atoms with van der Waals surface area (Å²) in [5, 5.41) is 0. The second-order valence-electron chi connectivity index (χ2n) is 5.82. The Morgan fingerprint density at radius 3 is 2.45 bits per heavy atom. The highest BCUT2D eigenvalue weighted by Gasteiger charge is 2.20. The van der Waals surface area contributed by atoms with Gasteiger partial charge in [-0.3, -0.25) is 0 Å². The number of nitrogens with zero attached hydrogens (tertiary/aromatic N) is 2. The number of nitrogens with two attached hydrogens (primary N) is 1. The summed E-state index contributed by atoms with van der Waals surface area (Å²) in [6, 6.07) is 8.28.